The van der Waals surface area contributed by atoms with Gasteiger partial charge in [0.2, 0.25) is 0 Å². The maximum atomic E-state index is 5.70. The average Bonchev–Trinajstić information content (AvgIpc) is 3.34. The predicted molar refractivity (Wildman–Crippen MR) is 108 cm³/mol. The van der Waals surface area contributed by atoms with E-state index in [4.69, 9.17) is 4.74 Å². The van der Waals surface area contributed by atoms with E-state index in [1.54, 1.807) is 0 Å². The Balaban J connectivity index is 0.00000264. The van der Waals surface area contributed by atoms with Crippen molar-refractivity contribution in [3.05, 3.63) is 0 Å². The molecule has 1 atom stereocenters. The molecule has 0 aromatic heterocycles. The number of likely N-dealkylation sites (N-methyl/N-ethyl adjacent to an activating group) is 1. The van der Waals surface area contributed by atoms with Crippen molar-refractivity contribution < 1.29 is 4.74 Å². The molecule has 1 saturated heterocycles. The summed E-state index contributed by atoms with van der Waals surface area (Å²) in [5, 5.41) is 3.48. The molecule has 0 radical (unpaired) electrons. The van der Waals surface area contributed by atoms with E-state index in [0.29, 0.717) is 0 Å². The highest BCUT2D eigenvalue weighted by atomic mass is 127. The Hall–Kier alpha value is -0.0800. The summed E-state index contributed by atoms with van der Waals surface area (Å²) in [5.74, 6) is 1.81. The lowest BCUT2D eigenvalue weighted by molar-refractivity contribution is 0.115. The molecular formula is C17H35IN4O. The summed E-state index contributed by atoms with van der Waals surface area (Å²) in [6.07, 6.45) is 6.78. The molecule has 0 bridgehead atoms. The first-order valence-corrected chi connectivity index (χ1v) is 8.94. The van der Waals surface area contributed by atoms with Crippen LogP contribution in [0.2, 0.25) is 0 Å². The van der Waals surface area contributed by atoms with Gasteiger partial charge < -0.3 is 15.0 Å². The molecule has 23 heavy (non-hydrogen) atoms. The van der Waals surface area contributed by atoms with E-state index < -0.39 is 0 Å². The lowest BCUT2D eigenvalue weighted by Gasteiger charge is -2.33. The van der Waals surface area contributed by atoms with Gasteiger partial charge in [0.05, 0.1) is 6.61 Å². The van der Waals surface area contributed by atoms with Gasteiger partial charge in [-0.05, 0) is 45.1 Å². The quantitative estimate of drug-likeness (QED) is 0.274. The van der Waals surface area contributed by atoms with E-state index in [0.717, 1.165) is 50.8 Å². The molecule has 0 aromatic rings. The number of hydrogen-bond donors (Lipinski definition) is 1. The van der Waals surface area contributed by atoms with Crippen LogP contribution in [0.3, 0.4) is 0 Å². The van der Waals surface area contributed by atoms with Gasteiger partial charge in [-0.2, -0.15) is 0 Å². The molecule has 6 heteroatoms. The maximum Gasteiger partial charge on any atom is 0.193 e. The summed E-state index contributed by atoms with van der Waals surface area (Å²) in [5.41, 5.74) is 0. The van der Waals surface area contributed by atoms with Gasteiger partial charge >= 0.3 is 0 Å². The van der Waals surface area contributed by atoms with Gasteiger partial charge in [-0.1, -0.05) is 6.42 Å². The minimum absolute atomic E-state index is 0. The number of nitrogens with one attached hydrogen (secondary N) is 1. The Labute approximate surface area is 159 Å². The van der Waals surface area contributed by atoms with E-state index in [-0.39, 0.29) is 24.0 Å². The van der Waals surface area contributed by atoms with Crippen LogP contribution in [0.1, 0.15) is 39.0 Å². The van der Waals surface area contributed by atoms with Gasteiger partial charge in [0.1, 0.15) is 0 Å². The van der Waals surface area contributed by atoms with E-state index in [1.807, 2.05) is 7.05 Å². The van der Waals surface area contributed by atoms with Crippen molar-refractivity contribution in [2.24, 2.45) is 10.9 Å². The molecule has 1 N–H and O–H groups in total. The molecule has 1 heterocycles. The molecule has 0 spiro atoms. The highest BCUT2D eigenvalue weighted by molar-refractivity contribution is 14.0. The number of aliphatic imine (C=N–C) groups is 1. The fourth-order valence-electron chi connectivity index (χ4n) is 3.03. The zero-order valence-corrected chi connectivity index (χ0v) is 17.4. The van der Waals surface area contributed by atoms with Crippen LogP contribution in [-0.4, -0.2) is 75.3 Å². The van der Waals surface area contributed by atoms with Crippen molar-refractivity contribution in [1.82, 2.24) is 15.1 Å². The normalized spacial score (nSPS) is 22.6. The second kappa shape index (κ2) is 11.5. The zero-order valence-electron chi connectivity index (χ0n) is 15.1. The van der Waals surface area contributed by atoms with Gasteiger partial charge in [-0.25, -0.2) is 0 Å². The molecule has 1 aliphatic heterocycles. The third-order valence-corrected chi connectivity index (χ3v) is 4.82. The van der Waals surface area contributed by atoms with Crippen LogP contribution in [0, 0.1) is 5.92 Å². The van der Waals surface area contributed by atoms with E-state index in [9.17, 15) is 0 Å². The molecule has 2 aliphatic rings. The van der Waals surface area contributed by atoms with Gasteiger partial charge in [-0.3, -0.25) is 9.89 Å². The summed E-state index contributed by atoms with van der Waals surface area (Å²) < 4.78 is 5.70. The lowest BCUT2D eigenvalue weighted by Crippen LogP contribution is -2.46. The number of hydrogen-bond acceptors (Lipinski definition) is 3. The molecule has 5 nitrogen and oxygen atoms in total. The Morgan fingerprint density at radius 1 is 1.30 bits per heavy atom. The van der Waals surface area contributed by atoms with E-state index in [2.05, 4.69) is 34.1 Å². The number of guanidine groups is 1. The minimum atomic E-state index is 0. The highest BCUT2D eigenvalue weighted by Gasteiger charge is 2.21. The van der Waals surface area contributed by atoms with Crippen LogP contribution in [0.25, 0.3) is 0 Å². The van der Waals surface area contributed by atoms with Crippen LogP contribution in [0.5, 0.6) is 0 Å². The van der Waals surface area contributed by atoms with Crippen LogP contribution in [0.4, 0.5) is 0 Å². The van der Waals surface area contributed by atoms with Crippen molar-refractivity contribution >= 4 is 29.9 Å². The average molecular weight is 438 g/mol. The van der Waals surface area contributed by atoms with Crippen molar-refractivity contribution in [2.75, 3.05) is 53.5 Å². The Morgan fingerprint density at radius 3 is 2.74 bits per heavy atom. The Kier molecular flexibility index (Phi) is 10.5. The summed E-state index contributed by atoms with van der Waals surface area (Å²) in [6, 6.07) is 0.728. The molecule has 2 rings (SSSR count). The summed E-state index contributed by atoms with van der Waals surface area (Å²) in [7, 11) is 3.94. The van der Waals surface area contributed by atoms with Crippen molar-refractivity contribution in [3.8, 4) is 0 Å². The van der Waals surface area contributed by atoms with Crippen molar-refractivity contribution in [1.29, 1.82) is 0 Å². The van der Waals surface area contributed by atoms with Crippen LogP contribution in [-0.2, 0) is 4.74 Å². The number of rotatable bonds is 8. The highest BCUT2D eigenvalue weighted by Crippen LogP contribution is 2.28. The van der Waals surface area contributed by atoms with E-state index in [1.165, 1.54) is 38.6 Å². The number of piperidine rings is 1. The van der Waals surface area contributed by atoms with Gasteiger partial charge in [0, 0.05) is 46.4 Å². The van der Waals surface area contributed by atoms with Crippen molar-refractivity contribution in [3.63, 3.8) is 0 Å². The van der Waals surface area contributed by atoms with Gasteiger partial charge in [0.25, 0.3) is 0 Å². The van der Waals surface area contributed by atoms with Gasteiger partial charge in [-0.15, -0.1) is 24.0 Å². The molecule has 136 valence electrons. The Bertz CT molecular complexity index is 349. The fraction of sp³-hybridized carbons (Fsp3) is 0.941. The van der Waals surface area contributed by atoms with E-state index >= 15 is 0 Å². The molecule has 2 fully saturated rings. The fourth-order valence-corrected chi connectivity index (χ4v) is 3.03. The second-order valence-corrected chi connectivity index (χ2v) is 6.79. The smallest absolute Gasteiger partial charge is 0.193 e. The number of ether oxygens (including phenoxy) is 1. The SMILES string of the molecule is CN=C(NCCN1CCCCC1C)N(C)CCOCC1CC1.I. The predicted octanol–water partition coefficient (Wildman–Crippen LogP) is 2.41. The second-order valence-electron chi connectivity index (χ2n) is 6.79. The monoisotopic (exact) mass is 438 g/mol. The van der Waals surface area contributed by atoms with Crippen LogP contribution < -0.4 is 5.32 Å². The summed E-state index contributed by atoms with van der Waals surface area (Å²) in [4.78, 5) is 9.12. The lowest BCUT2D eigenvalue weighted by atomic mass is 10.0. The topological polar surface area (TPSA) is 40.1 Å². The Morgan fingerprint density at radius 2 is 2.09 bits per heavy atom. The van der Waals surface area contributed by atoms with Crippen LogP contribution in [0.15, 0.2) is 4.99 Å². The third-order valence-electron chi connectivity index (χ3n) is 4.82. The molecule has 0 aromatic carbocycles. The first kappa shape index (κ1) is 21.0. The van der Waals surface area contributed by atoms with Crippen LogP contribution >= 0.6 is 24.0 Å². The first-order valence-electron chi connectivity index (χ1n) is 8.94. The summed E-state index contributed by atoms with van der Waals surface area (Å²) >= 11 is 0. The molecule has 1 saturated carbocycles. The first-order chi connectivity index (χ1) is 10.7. The molecular weight excluding hydrogens is 403 g/mol. The largest absolute Gasteiger partial charge is 0.379 e. The standard InChI is InChI=1S/C17H34N4O.HI/c1-15-6-4-5-10-21(15)11-9-19-17(18-2)20(3)12-13-22-14-16-7-8-16;/h15-16H,4-14H2,1-3H3,(H,18,19);1H. The molecule has 1 unspecified atom stereocenters. The van der Waals surface area contributed by atoms with Crippen molar-refractivity contribution in [2.45, 2.75) is 45.1 Å². The number of likely N-dealkylation sites (tertiary alicyclic amines) is 1. The molecule has 0 amide bonds. The number of halogens is 1. The third kappa shape index (κ3) is 8.03. The van der Waals surface area contributed by atoms with Gasteiger partial charge in [0.15, 0.2) is 5.96 Å². The maximum absolute atomic E-state index is 5.70. The number of nitrogens with zero attached hydrogens (tertiary/aromatic N) is 3. The summed E-state index contributed by atoms with van der Waals surface area (Å²) in [6.45, 7) is 8.27. The molecule has 1 aliphatic carbocycles. The zero-order chi connectivity index (χ0) is 15.8. The minimum Gasteiger partial charge on any atom is -0.379 e.